The van der Waals surface area contributed by atoms with Crippen molar-refractivity contribution in [3.05, 3.63) is 23.8 Å². The van der Waals surface area contributed by atoms with E-state index in [4.69, 9.17) is 15.2 Å². The van der Waals surface area contributed by atoms with Gasteiger partial charge in [0.15, 0.2) is 22.5 Å². The van der Waals surface area contributed by atoms with Crippen LogP contribution in [0, 0.1) is 0 Å². The minimum absolute atomic E-state index is 0.0627. The summed E-state index contributed by atoms with van der Waals surface area (Å²) in [4.78, 5) is 71.2. The van der Waals surface area contributed by atoms with E-state index >= 15 is 0 Å². The highest BCUT2D eigenvalue weighted by atomic mass is 32.2. The number of benzene rings is 1. The van der Waals surface area contributed by atoms with E-state index in [2.05, 4.69) is 10.6 Å². The van der Waals surface area contributed by atoms with Crippen LogP contribution in [-0.2, 0) is 28.8 Å². The fraction of sp³-hybridized carbons (Fsp3) is 0.429. The van der Waals surface area contributed by atoms with Crippen molar-refractivity contribution in [1.82, 2.24) is 15.5 Å². The van der Waals surface area contributed by atoms with Gasteiger partial charge in [-0.25, -0.2) is 4.79 Å². The second-order valence-corrected chi connectivity index (χ2v) is 10.3. The minimum atomic E-state index is -1.51. The van der Waals surface area contributed by atoms with Crippen molar-refractivity contribution in [2.45, 2.75) is 55.6 Å². The molecule has 1 aromatic rings. The van der Waals surface area contributed by atoms with E-state index in [1.54, 1.807) is 13.8 Å². The molecule has 14 heteroatoms. The Morgan fingerprint density at radius 3 is 2.31 bits per heavy atom. The molecule has 0 spiro atoms. The smallest absolute Gasteiger partial charge is 0.327 e. The van der Waals surface area contributed by atoms with E-state index in [1.165, 1.54) is 18.2 Å². The monoisotopic (exact) mass is 508 g/mol. The lowest BCUT2D eigenvalue weighted by molar-refractivity contribution is -0.171. The summed E-state index contributed by atoms with van der Waals surface area (Å²) in [6.45, 7) is 5.52. The number of β-lactam (4-membered cyclic amide) rings is 1. The molecule has 3 rings (SSSR count). The van der Waals surface area contributed by atoms with Gasteiger partial charge < -0.3 is 30.9 Å². The number of carbonyl (C=O) groups excluding carboxylic acids is 5. The molecule has 1 aromatic carbocycles. The van der Waals surface area contributed by atoms with E-state index in [9.17, 15) is 33.9 Å². The zero-order chi connectivity index (χ0) is 26.3. The number of thioether (sulfide) groups is 1. The van der Waals surface area contributed by atoms with E-state index < -0.39 is 57.6 Å². The van der Waals surface area contributed by atoms with Gasteiger partial charge in [0.1, 0.15) is 12.1 Å². The number of hydrogen-bond acceptors (Lipinski definition) is 10. The molecule has 2 aliphatic heterocycles. The number of carboxylic acid groups (broad SMARTS) is 1. The zero-order valence-electron chi connectivity index (χ0n) is 19.2. The Morgan fingerprint density at radius 2 is 1.77 bits per heavy atom. The largest absolute Gasteiger partial charge is 0.480 e. The van der Waals surface area contributed by atoms with Gasteiger partial charge in [-0.2, -0.15) is 0 Å². The maximum atomic E-state index is 13.0. The Labute approximate surface area is 203 Å². The number of rotatable bonds is 8. The molecule has 2 heterocycles. The first-order chi connectivity index (χ1) is 16.2. The van der Waals surface area contributed by atoms with Crippen molar-refractivity contribution >= 4 is 47.9 Å². The van der Waals surface area contributed by atoms with Crippen LogP contribution in [0.15, 0.2) is 18.2 Å². The van der Waals surface area contributed by atoms with E-state index in [-0.39, 0.29) is 17.1 Å². The number of carbonyl (C=O) groups is 6. The van der Waals surface area contributed by atoms with Gasteiger partial charge in [-0.3, -0.25) is 28.9 Å². The molecule has 0 bridgehead atoms. The lowest BCUT2D eigenvalue weighted by Gasteiger charge is -2.52. The molecule has 0 saturated carbocycles. The first kappa shape index (κ1) is 26.0. The first-order valence-corrected chi connectivity index (χ1v) is 11.1. The second kappa shape index (κ2) is 9.19. The molecule has 13 nitrogen and oxygen atoms in total. The summed E-state index contributed by atoms with van der Waals surface area (Å²) in [5, 5.41) is 14.6. The Balaban J connectivity index is 1.86. The molecular formula is C21H24N4O9S. The molecule has 2 fully saturated rings. The average molecular weight is 509 g/mol. The maximum absolute atomic E-state index is 13.0. The van der Waals surface area contributed by atoms with Gasteiger partial charge in [0.05, 0.1) is 0 Å². The van der Waals surface area contributed by atoms with Gasteiger partial charge in [-0.15, -0.1) is 11.8 Å². The zero-order valence-corrected chi connectivity index (χ0v) is 20.0. The summed E-state index contributed by atoms with van der Waals surface area (Å²) >= 11 is 1.02. The number of esters is 2. The van der Waals surface area contributed by atoms with Crippen molar-refractivity contribution in [3.8, 4) is 11.5 Å². The summed E-state index contributed by atoms with van der Waals surface area (Å²) in [7, 11) is 0. The minimum Gasteiger partial charge on any atom is -0.480 e. The molecule has 2 unspecified atom stereocenters. The van der Waals surface area contributed by atoms with Crippen LogP contribution in [0.25, 0.3) is 0 Å². The quantitative estimate of drug-likeness (QED) is 0.149. The summed E-state index contributed by atoms with van der Waals surface area (Å²) < 4.78 is 9.04. The van der Waals surface area contributed by atoms with Gasteiger partial charge in [0.2, 0.25) is 12.3 Å². The number of nitrogens with one attached hydrogen (secondary N) is 2. The third-order valence-electron chi connectivity index (χ3n) is 5.47. The Morgan fingerprint density at radius 1 is 1.17 bits per heavy atom. The standard InChI is InChI=1S/C21H24N4O9S/c1-9(27)33-12-6-5-11(7-13(12)34-10(2)28)14(22)17(29)24-15-18(30)25-16(19(31)32)20(3,4)35-21(15,25)23-8-26/h5-8,14-16H,22H2,1-4H3,(H,23,26)(H,24,29)(H,31,32)/t14?,15-,16+,21?/m1/s1. The third kappa shape index (κ3) is 4.53. The number of nitrogens with two attached hydrogens (primary N) is 1. The van der Waals surface area contributed by atoms with Crippen LogP contribution in [0.1, 0.15) is 39.3 Å². The van der Waals surface area contributed by atoms with E-state index in [1.807, 2.05) is 0 Å². The molecule has 0 aromatic heterocycles. The molecule has 0 radical (unpaired) electrons. The highest BCUT2D eigenvalue weighted by Crippen LogP contribution is 2.56. The topological polar surface area (TPSA) is 194 Å². The van der Waals surface area contributed by atoms with Crippen LogP contribution in [0.5, 0.6) is 11.5 Å². The van der Waals surface area contributed by atoms with Crippen LogP contribution >= 0.6 is 11.8 Å². The summed E-state index contributed by atoms with van der Waals surface area (Å²) in [6, 6.07) is 0.0212. The molecule has 2 aliphatic rings. The number of carboxylic acids is 1. The van der Waals surface area contributed by atoms with Crippen molar-refractivity contribution < 1.29 is 43.3 Å². The number of ether oxygens (including phenoxy) is 2. The lowest BCUT2D eigenvalue weighted by atomic mass is 9.92. The molecule has 3 amide bonds. The maximum Gasteiger partial charge on any atom is 0.327 e. The van der Waals surface area contributed by atoms with Crippen molar-refractivity contribution in [2.24, 2.45) is 5.73 Å². The highest BCUT2D eigenvalue weighted by molar-refractivity contribution is 8.02. The number of hydrogen-bond donors (Lipinski definition) is 4. The fourth-order valence-corrected chi connectivity index (χ4v) is 5.95. The summed E-state index contributed by atoms with van der Waals surface area (Å²) in [5.74, 6) is -4.34. The van der Waals surface area contributed by atoms with Crippen LogP contribution in [-0.4, -0.2) is 68.0 Å². The number of nitrogens with zero attached hydrogens (tertiary/aromatic N) is 1. The predicted octanol–water partition coefficient (Wildman–Crippen LogP) is -0.758. The number of fused-ring (bicyclic) bond motifs is 1. The van der Waals surface area contributed by atoms with Crippen LogP contribution in [0.3, 0.4) is 0 Å². The third-order valence-corrected chi connectivity index (χ3v) is 7.08. The van der Waals surface area contributed by atoms with E-state index in [0.29, 0.717) is 6.41 Å². The number of aliphatic carboxylic acids is 1. The van der Waals surface area contributed by atoms with Gasteiger partial charge in [-0.1, -0.05) is 6.07 Å². The number of amides is 3. The van der Waals surface area contributed by atoms with Gasteiger partial charge in [0.25, 0.3) is 5.91 Å². The Kier molecular flexibility index (Phi) is 6.81. The fourth-order valence-electron chi connectivity index (χ4n) is 4.15. The van der Waals surface area contributed by atoms with Crippen LogP contribution in [0.4, 0.5) is 0 Å². The van der Waals surface area contributed by atoms with Gasteiger partial charge in [0, 0.05) is 18.6 Å². The molecule has 35 heavy (non-hydrogen) atoms. The van der Waals surface area contributed by atoms with Gasteiger partial charge >= 0.3 is 17.9 Å². The normalized spacial score (nSPS) is 24.9. The highest BCUT2D eigenvalue weighted by Gasteiger charge is 2.74. The van der Waals surface area contributed by atoms with Gasteiger partial charge in [-0.05, 0) is 31.5 Å². The summed E-state index contributed by atoms with van der Waals surface area (Å²) in [5.41, 5.74) is 6.23. The van der Waals surface area contributed by atoms with Crippen molar-refractivity contribution in [2.75, 3.05) is 0 Å². The lowest BCUT2D eigenvalue weighted by Crippen LogP contribution is -2.82. The van der Waals surface area contributed by atoms with Crippen LogP contribution < -0.4 is 25.8 Å². The van der Waals surface area contributed by atoms with Crippen molar-refractivity contribution in [3.63, 3.8) is 0 Å². The Bertz CT molecular complexity index is 1120. The average Bonchev–Trinajstić information content (AvgIpc) is 2.96. The van der Waals surface area contributed by atoms with Crippen LogP contribution in [0.2, 0.25) is 0 Å². The molecule has 188 valence electrons. The second-order valence-electron chi connectivity index (χ2n) is 8.43. The van der Waals surface area contributed by atoms with E-state index in [0.717, 1.165) is 30.5 Å². The first-order valence-electron chi connectivity index (χ1n) is 10.3. The molecular weight excluding hydrogens is 484 g/mol. The summed E-state index contributed by atoms with van der Waals surface area (Å²) in [6.07, 6.45) is 0.324. The molecule has 5 N–H and O–H groups in total. The molecule has 4 atom stereocenters. The Hall–Kier alpha value is -3.65. The SMILES string of the molecule is CC(=O)Oc1ccc(C(N)C(=O)N[C@@H]2C(=O)N3[C@@H](C(=O)O)C(C)(C)SC23NC=O)cc1OC(C)=O. The molecule has 0 aliphatic carbocycles. The van der Waals surface area contributed by atoms with Crippen molar-refractivity contribution in [1.29, 1.82) is 0 Å². The molecule has 2 saturated heterocycles. The predicted molar refractivity (Wildman–Crippen MR) is 120 cm³/mol.